The van der Waals surface area contributed by atoms with Gasteiger partial charge in [-0.2, -0.15) is 0 Å². The van der Waals surface area contributed by atoms with Gasteiger partial charge in [0.05, 0.1) is 0 Å². The maximum Gasteiger partial charge on any atom is 0.255 e. The molecule has 4 rings (SSSR count). The van der Waals surface area contributed by atoms with Crippen LogP contribution in [0.5, 0.6) is 0 Å². The van der Waals surface area contributed by atoms with Gasteiger partial charge in [0.15, 0.2) is 0 Å². The van der Waals surface area contributed by atoms with E-state index in [1.54, 1.807) is 24.3 Å². The number of nitrogens with zero attached hydrogens (tertiary/aromatic N) is 2. The minimum absolute atomic E-state index is 0.158. The summed E-state index contributed by atoms with van der Waals surface area (Å²) in [5.41, 5.74) is 3.88. The topological polar surface area (TPSA) is 35.6 Å². The number of hydrogen-bond acceptors (Lipinski definition) is 3. The molecule has 0 unspecified atom stereocenters. The molecule has 1 heterocycles. The van der Waals surface area contributed by atoms with Gasteiger partial charge >= 0.3 is 0 Å². The smallest absolute Gasteiger partial charge is 0.255 e. The van der Waals surface area contributed by atoms with Crippen molar-refractivity contribution in [1.82, 2.24) is 4.90 Å². The van der Waals surface area contributed by atoms with Crippen molar-refractivity contribution in [3.63, 3.8) is 0 Å². The Labute approximate surface area is 176 Å². The summed E-state index contributed by atoms with van der Waals surface area (Å²) in [4.78, 5) is 17.2. The summed E-state index contributed by atoms with van der Waals surface area (Å²) >= 11 is 5.97. The Morgan fingerprint density at radius 1 is 0.862 bits per heavy atom. The minimum Gasteiger partial charge on any atom is -0.369 e. The highest BCUT2D eigenvalue weighted by Crippen LogP contribution is 2.21. The van der Waals surface area contributed by atoms with E-state index in [0.29, 0.717) is 10.6 Å². The summed E-state index contributed by atoms with van der Waals surface area (Å²) in [6.45, 7) is 5.09. The van der Waals surface area contributed by atoms with Crippen LogP contribution in [0.15, 0.2) is 78.9 Å². The Hall–Kier alpha value is -2.82. The summed E-state index contributed by atoms with van der Waals surface area (Å²) in [6, 6.07) is 25.6. The first-order chi connectivity index (χ1) is 14.2. The van der Waals surface area contributed by atoms with Gasteiger partial charge in [-0.25, -0.2) is 0 Å². The van der Waals surface area contributed by atoms with Crippen LogP contribution < -0.4 is 10.2 Å². The molecule has 29 heavy (non-hydrogen) atoms. The molecule has 1 amide bonds. The molecule has 4 nitrogen and oxygen atoms in total. The van der Waals surface area contributed by atoms with Gasteiger partial charge < -0.3 is 10.2 Å². The number of piperazine rings is 1. The molecule has 0 bridgehead atoms. The molecule has 0 aromatic heterocycles. The van der Waals surface area contributed by atoms with Crippen LogP contribution in [0, 0.1) is 0 Å². The molecule has 5 heteroatoms. The molecule has 148 valence electrons. The molecule has 1 fully saturated rings. The zero-order valence-corrected chi connectivity index (χ0v) is 17.0. The third-order valence-corrected chi connectivity index (χ3v) is 5.43. The van der Waals surface area contributed by atoms with Crippen LogP contribution in [0.2, 0.25) is 5.02 Å². The van der Waals surface area contributed by atoms with E-state index in [1.807, 2.05) is 12.1 Å². The molecule has 0 saturated carbocycles. The second kappa shape index (κ2) is 9.12. The molecular formula is C24H24ClN3O. The van der Waals surface area contributed by atoms with Gasteiger partial charge in [-0.15, -0.1) is 0 Å². The van der Waals surface area contributed by atoms with Crippen LogP contribution in [-0.2, 0) is 6.54 Å². The zero-order valence-electron chi connectivity index (χ0n) is 16.2. The predicted molar refractivity (Wildman–Crippen MR) is 120 cm³/mol. The van der Waals surface area contributed by atoms with Crippen molar-refractivity contribution in [3.8, 4) is 0 Å². The van der Waals surface area contributed by atoms with Crippen molar-refractivity contribution in [1.29, 1.82) is 0 Å². The average molecular weight is 406 g/mol. The molecule has 0 atom stereocenters. The quantitative estimate of drug-likeness (QED) is 0.654. The first kappa shape index (κ1) is 19.5. The normalized spacial score (nSPS) is 14.6. The average Bonchev–Trinajstić information content (AvgIpc) is 2.76. The van der Waals surface area contributed by atoms with Crippen molar-refractivity contribution in [2.24, 2.45) is 0 Å². The lowest BCUT2D eigenvalue weighted by molar-refractivity contribution is 0.102. The fraction of sp³-hybridized carbons (Fsp3) is 0.208. The monoisotopic (exact) mass is 405 g/mol. The summed E-state index contributed by atoms with van der Waals surface area (Å²) in [6.07, 6.45) is 0. The summed E-state index contributed by atoms with van der Waals surface area (Å²) in [5.74, 6) is -0.158. The second-order valence-corrected chi connectivity index (χ2v) is 7.70. The molecule has 3 aromatic rings. The summed E-state index contributed by atoms with van der Waals surface area (Å²) in [5, 5.41) is 3.48. The molecule has 1 saturated heterocycles. The van der Waals surface area contributed by atoms with Gasteiger partial charge in [0.25, 0.3) is 5.91 Å². The van der Waals surface area contributed by atoms with Gasteiger partial charge in [-0.1, -0.05) is 48.0 Å². The molecule has 1 N–H and O–H groups in total. The number of halogens is 1. The maximum absolute atomic E-state index is 12.4. The number of benzene rings is 3. The van der Waals surface area contributed by atoms with E-state index >= 15 is 0 Å². The van der Waals surface area contributed by atoms with Crippen LogP contribution >= 0.6 is 11.6 Å². The van der Waals surface area contributed by atoms with Crippen LogP contribution in [0.1, 0.15) is 15.9 Å². The Bertz CT molecular complexity index is 951. The number of nitrogens with one attached hydrogen (secondary N) is 1. The van der Waals surface area contributed by atoms with Crippen molar-refractivity contribution in [2.45, 2.75) is 6.54 Å². The lowest BCUT2D eigenvalue weighted by Crippen LogP contribution is -2.45. The first-order valence-electron chi connectivity index (χ1n) is 9.85. The maximum atomic E-state index is 12.4. The van der Waals surface area contributed by atoms with Crippen molar-refractivity contribution >= 4 is 28.9 Å². The Balaban J connectivity index is 1.31. The number of hydrogen-bond donors (Lipinski definition) is 1. The van der Waals surface area contributed by atoms with E-state index < -0.39 is 0 Å². The minimum atomic E-state index is -0.158. The highest BCUT2D eigenvalue weighted by Gasteiger charge is 2.17. The van der Waals surface area contributed by atoms with Crippen molar-refractivity contribution < 1.29 is 4.79 Å². The fourth-order valence-corrected chi connectivity index (χ4v) is 3.78. The van der Waals surface area contributed by atoms with E-state index in [1.165, 1.54) is 11.3 Å². The largest absolute Gasteiger partial charge is 0.369 e. The Morgan fingerprint density at radius 2 is 1.59 bits per heavy atom. The second-order valence-electron chi connectivity index (χ2n) is 7.26. The molecule has 0 aliphatic carbocycles. The standard InChI is InChI=1S/C24H24ClN3O/c25-21-8-4-7-20(17-21)24(29)26-22-9-11-23(12-10-22)28-15-13-27(14-16-28)18-19-5-2-1-3-6-19/h1-12,17H,13-16,18H2,(H,26,29). The summed E-state index contributed by atoms with van der Waals surface area (Å²) < 4.78 is 0. The van der Waals surface area contributed by atoms with Gasteiger partial charge in [0.1, 0.15) is 0 Å². The van der Waals surface area contributed by atoms with Crippen molar-refractivity contribution in [2.75, 3.05) is 36.4 Å². The Kier molecular flexibility index (Phi) is 6.13. The third-order valence-electron chi connectivity index (χ3n) is 5.20. The van der Waals surface area contributed by atoms with Gasteiger partial charge in [0.2, 0.25) is 0 Å². The van der Waals surface area contributed by atoms with Crippen molar-refractivity contribution in [3.05, 3.63) is 95.0 Å². The Morgan fingerprint density at radius 3 is 2.28 bits per heavy atom. The highest BCUT2D eigenvalue weighted by atomic mass is 35.5. The molecule has 3 aromatic carbocycles. The number of rotatable bonds is 5. The van der Waals surface area contributed by atoms with E-state index in [9.17, 15) is 4.79 Å². The SMILES string of the molecule is O=C(Nc1ccc(N2CCN(Cc3ccccc3)CC2)cc1)c1cccc(Cl)c1. The lowest BCUT2D eigenvalue weighted by atomic mass is 10.2. The lowest BCUT2D eigenvalue weighted by Gasteiger charge is -2.36. The number of carbonyl (C=O) groups is 1. The summed E-state index contributed by atoms with van der Waals surface area (Å²) in [7, 11) is 0. The van der Waals surface area contributed by atoms with Gasteiger partial charge in [-0.3, -0.25) is 9.69 Å². The van der Waals surface area contributed by atoms with E-state index in [2.05, 4.69) is 57.6 Å². The van der Waals surface area contributed by atoms with Crippen LogP contribution in [-0.4, -0.2) is 37.0 Å². The predicted octanol–water partition coefficient (Wildman–Crippen LogP) is 4.91. The highest BCUT2D eigenvalue weighted by molar-refractivity contribution is 6.31. The van der Waals surface area contributed by atoms with Gasteiger partial charge in [-0.05, 0) is 48.0 Å². The zero-order chi connectivity index (χ0) is 20.1. The third kappa shape index (κ3) is 5.17. The number of amides is 1. The van der Waals surface area contributed by atoms with E-state index in [-0.39, 0.29) is 5.91 Å². The molecule has 1 aliphatic rings. The van der Waals surface area contributed by atoms with E-state index in [4.69, 9.17) is 11.6 Å². The molecule has 1 aliphatic heterocycles. The molecule has 0 radical (unpaired) electrons. The fourth-order valence-electron chi connectivity index (χ4n) is 3.59. The van der Waals surface area contributed by atoms with Crippen LogP contribution in [0.25, 0.3) is 0 Å². The number of carbonyl (C=O) groups excluding carboxylic acids is 1. The molecule has 0 spiro atoms. The van der Waals surface area contributed by atoms with Crippen LogP contribution in [0.4, 0.5) is 11.4 Å². The molecular weight excluding hydrogens is 382 g/mol. The van der Waals surface area contributed by atoms with Gasteiger partial charge in [0, 0.05) is 54.7 Å². The van der Waals surface area contributed by atoms with E-state index in [0.717, 1.165) is 38.4 Å². The number of anilines is 2. The first-order valence-corrected chi connectivity index (χ1v) is 10.2. The van der Waals surface area contributed by atoms with Crippen LogP contribution in [0.3, 0.4) is 0 Å².